The van der Waals surface area contributed by atoms with Crippen molar-refractivity contribution in [3.05, 3.63) is 83.7 Å². The molecule has 0 bridgehead atoms. The number of nitrogens with zero attached hydrogens (tertiary/aromatic N) is 2. The molecule has 6 nitrogen and oxygen atoms in total. The number of para-hydroxylation sites is 2. The molecule has 0 saturated carbocycles. The molecule has 25 heavy (non-hydrogen) atoms. The molecule has 0 radical (unpaired) electrons. The van der Waals surface area contributed by atoms with E-state index in [9.17, 15) is 9.59 Å². The molecule has 0 fully saturated rings. The molecule has 0 unspecified atom stereocenters. The van der Waals surface area contributed by atoms with E-state index in [1.807, 2.05) is 19.1 Å². The summed E-state index contributed by atoms with van der Waals surface area (Å²) < 4.78 is 0. The lowest BCUT2D eigenvalue weighted by Gasteiger charge is -2.12. The fourth-order valence-corrected chi connectivity index (χ4v) is 2.22. The summed E-state index contributed by atoms with van der Waals surface area (Å²) in [7, 11) is 0. The zero-order chi connectivity index (χ0) is 17.6. The van der Waals surface area contributed by atoms with Crippen LogP contribution in [0.1, 0.15) is 26.3 Å². The number of rotatable bonds is 4. The second kappa shape index (κ2) is 7.35. The number of hydrogen-bond acceptors (Lipinski definition) is 4. The standard InChI is InChI=1S/C19H16N4O2/c1-13-6-8-14(9-7-13)18(24)22-16-4-2-3-5-17(16)23-19(25)15-10-11-20-21-12-15/h2-12H,1H3,(H,22,24)(H,23,25). The van der Waals surface area contributed by atoms with Crippen LogP contribution in [0.5, 0.6) is 0 Å². The van der Waals surface area contributed by atoms with Gasteiger partial charge in [0.1, 0.15) is 0 Å². The zero-order valence-electron chi connectivity index (χ0n) is 13.6. The molecule has 0 aliphatic carbocycles. The highest BCUT2D eigenvalue weighted by atomic mass is 16.2. The second-order valence-corrected chi connectivity index (χ2v) is 5.45. The number of benzene rings is 2. The molecule has 0 aliphatic rings. The van der Waals surface area contributed by atoms with Crippen molar-refractivity contribution in [1.29, 1.82) is 0 Å². The fourth-order valence-electron chi connectivity index (χ4n) is 2.22. The molecule has 0 saturated heterocycles. The predicted octanol–water partition coefficient (Wildman–Crippen LogP) is 3.29. The SMILES string of the molecule is Cc1ccc(C(=O)Nc2ccccc2NC(=O)c2ccnnc2)cc1. The minimum atomic E-state index is -0.327. The van der Waals surface area contributed by atoms with Crippen LogP contribution >= 0.6 is 0 Å². The van der Waals surface area contributed by atoms with Crippen molar-refractivity contribution in [3.63, 3.8) is 0 Å². The van der Waals surface area contributed by atoms with E-state index >= 15 is 0 Å². The third kappa shape index (κ3) is 4.06. The van der Waals surface area contributed by atoms with Crippen LogP contribution in [0, 0.1) is 6.92 Å². The Balaban J connectivity index is 1.78. The van der Waals surface area contributed by atoms with Gasteiger partial charge in [0, 0.05) is 5.56 Å². The number of hydrogen-bond donors (Lipinski definition) is 2. The number of amides is 2. The quantitative estimate of drug-likeness (QED) is 0.768. The van der Waals surface area contributed by atoms with Gasteiger partial charge < -0.3 is 10.6 Å². The average Bonchev–Trinajstić information content (AvgIpc) is 2.64. The first kappa shape index (κ1) is 16.3. The number of nitrogens with one attached hydrogen (secondary N) is 2. The maximum absolute atomic E-state index is 12.4. The van der Waals surface area contributed by atoms with Gasteiger partial charge in [-0.15, -0.1) is 0 Å². The Bertz CT molecular complexity index is 893. The van der Waals surface area contributed by atoms with Crippen LogP contribution in [0.2, 0.25) is 0 Å². The number of carbonyl (C=O) groups excluding carboxylic acids is 2. The Morgan fingerprint density at radius 2 is 1.36 bits per heavy atom. The first-order valence-corrected chi connectivity index (χ1v) is 7.68. The van der Waals surface area contributed by atoms with E-state index in [2.05, 4.69) is 20.8 Å². The smallest absolute Gasteiger partial charge is 0.257 e. The minimum absolute atomic E-state index is 0.243. The Morgan fingerprint density at radius 1 is 0.760 bits per heavy atom. The molecular formula is C19H16N4O2. The molecule has 0 spiro atoms. The van der Waals surface area contributed by atoms with Gasteiger partial charge in [0.25, 0.3) is 11.8 Å². The summed E-state index contributed by atoms with van der Waals surface area (Å²) in [6.07, 6.45) is 2.82. The van der Waals surface area contributed by atoms with Gasteiger partial charge in [-0.05, 0) is 37.3 Å². The maximum Gasteiger partial charge on any atom is 0.257 e. The molecular weight excluding hydrogens is 316 g/mol. The highest BCUT2D eigenvalue weighted by Gasteiger charge is 2.12. The van der Waals surface area contributed by atoms with Crippen LogP contribution in [0.3, 0.4) is 0 Å². The molecule has 0 atom stereocenters. The van der Waals surface area contributed by atoms with E-state index in [0.717, 1.165) is 5.56 Å². The van der Waals surface area contributed by atoms with Crippen LogP contribution in [-0.4, -0.2) is 22.0 Å². The summed E-state index contributed by atoms with van der Waals surface area (Å²) in [4.78, 5) is 24.7. The van der Waals surface area contributed by atoms with E-state index in [-0.39, 0.29) is 11.8 Å². The summed E-state index contributed by atoms with van der Waals surface area (Å²) in [5, 5.41) is 12.9. The average molecular weight is 332 g/mol. The molecule has 1 aromatic heterocycles. The Labute approximate surface area is 144 Å². The molecule has 1 heterocycles. The van der Waals surface area contributed by atoms with Gasteiger partial charge in [-0.3, -0.25) is 9.59 Å². The third-order valence-electron chi connectivity index (χ3n) is 3.58. The summed E-state index contributed by atoms with van der Waals surface area (Å²) in [6.45, 7) is 1.96. The first-order valence-electron chi connectivity index (χ1n) is 7.68. The maximum atomic E-state index is 12.4. The molecule has 0 aliphatic heterocycles. The zero-order valence-corrected chi connectivity index (χ0v) is 13.6. The third-order valence-corrected chi connectivity index (χ3v) is 3.58. The van der Waals surface area contributed by atoms with Gasteiger partial charge in [0.2, 0.25) is 0 Å². The molecule has 6 heteroatoms. The van der Waals surface area contributed by atoms with Crippen molar-refractivity contribution >= 4 is 23.2 Å². The largest absolute Gasteiger partial charge is 0.320 e. The lowest BCUT2D eigenvalue weighted by atomic mass is 10.1. The molecule has 2 aromatic carbocycles. The summed E-state index contributed by atoms with van der Waals surface area (Å²) in [5.74, 6) is -0.570. The van der Waals surface area contributed by atoms with Gasteiger partial charge in [0.15, 0.2) is 0 Å². The number of aryl methyl sites for hydroxylation is 1. The fraction of sp³-hybridized carbons (Fsp3) is 0.0526. The lowest BCUT2D eigenvalue weighted by molar-refractivity contribution is 0.101. The molecule has 3 rings (SSSR count). The Kier molecular flexibility index (Phi) is 4.80. The van der Waals surface area contributed by atoms with Gasteiger partial charge in [0.05, 0.1) is 29.3 Å². The first-order chi connectivity index (χ1) is 12.1. The highest BCUT2D eigenvalue weighted by Crippen LogP contribution is 2.22. The van der Waals surface area contributed by atoms with Crippen molar-refractivity contribution < 1.29 is 9.59 Å². The van der Waals surface area contributed by atoms with Crippen LogP contribution in [0.25, 0.3) is 0 Å². The number of carbonyl (C=O) groups is 2. The lowest BCUT2D eigenvalue weighted by Crippen LogP contribution is -2.17. The van der Waals surface area contributed by atoms with E-state index in [1.54, 1.807) is 42.5 Å². The monoisotopic (exact) mass is 332 g/mol. The van der Waals surface area contributed by atoms with Gasteiger partial charge in [-0.2, -0.15) is 10.2 Å². The molecule has 3 aromatic rings. The Morgan fingerprint density at radius 3 is 1.92 bits per heavy atom. The van der Waals surface area contributed by atoms with Gasteiger partial charge >= 0.3 is 0 Å². The summed E-state index contributed by atoms with van der Waals surface area (Å²) in [5.41, 5.74) is 3.03. The normalized spacial score (nSPS) is 10.1. The number of anilines is 2. The van der Waals surface area contributed by atoms with Gasteiger partial charge in [-0.1, -0.05) is 29.8 Å². The van der Waals surface area contributed by atoms with E-state index in [1.165, 1.54) is 12.4 Å². The Hall–Kier alpha value is -3.54. The van der Waals surface area contributed by atoms with E-state index in [4.69, 9.17) is 0 Å². The minimum Gasteiger partial charge on any atom is -0.320 e. The van der Waals surface area contributed by atoms with Crippen LogP contribution < -0.4 is 10.6 Å². The second-order valence-electron chi connectivity index (χ2n) is 5.45. The van der Waals surface area contributed by atoms with Crippen LogP contribution in [0.4, 0.5) is 11.4 Å². The van der Waals surface area contributed by atoms with Crippen molar-refractivity contribution in [2.45, 2.75) is 6.92 Å². The topological polar surface area (TPSA) is 84.0 Å². The van der Waals surface area contributed by atoms with Crippen LogP contribution in [0.15, 0.2) is 67.0 Å². The van der Waals surface area contributed by atoms with Gasteiger partial charge in [-0.25, -0.2) is 0 Å². The summed E-state index contributed by atoms with van der Waals surface area (Å²) >= 11 is 0. The van der Waals surface area contributed by atoms with Crippen molar-refractivity contribution in [2.75, 3.05) is 10.6 Å². The van der Waals surface area contributed by atoms with Crippen molar-refractivity contribution in [3.8, 4) is 0 Å². The van der Waals surface area contributed by atoms with Crippen molar-refractivity contribution in [1.82, 2.24) is 10.2 Å². The highest BCUT2D eigenvalue weighted by molar-refractivity contribution is 6.09. The number of aromatic nitrogens is 2. The summed E-state index contributed by atoms with van der Waals surface area (Å²) in [6, 6.07) is 15.8. The molecule has 124 valence electrons. The van der Waals surface area contributed by atoms with E-state index in [0.29, 0.717) is 22.5 Å². The molecule has 2 N–H and O–H groups in total. The predicted molar refractivity (Wildman–Crippen MR) is 95.6 cm³/mol. The van der Waals surface area contributed by atoms with Crippen LogP contribution in [-0.2, 0) is 0 Å². The van der Waals surface area contributed by atoms with Crippen molar-refractivity contribution in [2.24, 2.45) is 0 Å². The van der Waals surface area contributed by atoms with E-state index < -0.39 is 0 Å². The molecule has 2 amide bonds.